The van der Waals surface area contributed by atoms with Gasteiger partial charge in [-0.25, -0.2) is 8.42 Å². The number of hydrogen-bond acceptors (Lipinski definition) is 2. The largest absolute Gasteiger partial charge is 0.230 e. The summed E-state index contributed by atoms with van der Waals surface area (Å²) in [4.78, 5) is 0. The smallest absolute Gasteiger partial charge is 0.213 e. The monoisotopic (exact) mass is 170 g/mol. The minimum atomic E-state index is -3.09. The third-order valence-corrected chi connectivity index (χ3v) is 1.39. The first-order valence-electron chi connectivity index (χ1n) is 1.13. The zero-order chi connectivity index (χ0) is 5.21. The lowest BCUT2D eigenvalue weighted by atomic mass is 11.3. The van der Waals surface area contributed by atoms with Crippen LogP contribution in [0, 0.1) is 0 Å². The highest BCUT2D eigenvalue weighted by atomic mass is 79.9. The Balaban J connectivity index is 4.25. The Morgan fingerprint density at radius 1 is 1.67 bits per heavy atom. The molecule has 0 bridgehead atoms. The summed E-state index contributed by atoms with van der Waals surface area (Å²) in [5.74, 6) is 0. The summed E-state index contributed by atoms with van der Waals surface area (Å²) in [5, 5.41) is 0.826. The molecule has 0 aliphatic carbocycles. The minimum absolute atomic E-state index is 0.826. The highest BCUT2D eigenvalue weighted by Gasteiger charge is 1.89. The van der Waals surface area contributed by atoms with E-state index in [-0.39, 0.29) is 0 Å². The number of rotatable bonds is 1. The lowest BCUT2D eigenvalue weighted by Gasteiger charge is -1.70. The highest BCUT2D eigenvalue weighted by Crippen LogP contribution is 1.97. The molecule has 0 aromatic heterocycles. The van der Waals surface area contributed by atoms with Crippen LogP contribution in [0.25, 0.3) is 0 Å². The van der Waals surface area contributed by atoms with Crippen molar-refractivity contribution in [2.24, 2.45) is 0 Å². The van der Waals surface area contributed by atoms with Gasteiger partial charge in [-0.1, -0.05) is 6.58 Å². The second-order valence-electron chi connectivity index (χ2n) is 0.642. The van der Waals surface area contributed by atoms with Gasteiger partial charge < -0.3 is 0 Å². The molecule has 0 aromatic rings. The van der Waals surface area contributed by atoms with Crippen LogP contribution in [-0.4, -0.2) is 8.42 Å². The fourth-order valence-corrected chi connectivity index (χ4v) is 0. The second-order valence-corrected chi connectivity index (χ2v) is 4.63. The molecular formula is C2H3BrO2S. The molecule has 0 aliphatic heterocycles. The molecule has 0 N–H and O–H groups in total. The fraction of sp³-hybridized carbons (Fsp3) is 0. The van der Waals surface area contributed by atoms with Crippen molar-refractivity contribution in [3.8, 4) is 0 Å². The van der Waals surface area contributed by atoms with Crippen molar-refractivity contribution in [3.63, 3.8) is 0 Å². The van der Waals surface area contributed by atoms with E-state index in [1.54, 1.807) is 0 Å². The first kappa shape index (κ1) is 6.17. The Morgan fingerprint density at radius 3 is 1.83 bits per heavy atom. The molecule has 0 saturated heterocycles. The summed E-state index contributed by atoms with van der Waals surface area (Å²) in [5.41, 5.74) is 0. The summed E-state index contributed by atoms with van der Waals surface area (Å²) in [6.07, 6.45) is 0. The van der Waals surface area contributed by atoms with E-state index in [2.05, 4.69) is 21.4 Å². The van der Waals surface area contributed by atoms with Gasteiger partial charge in [-0.2, -0.15) is 0 Å². The Morgan fingerprint density at radius 2 is 1.83 bits per heavy atom. The van der Waals surface area contributed by atoms with E-state index >= 15 is 0 Å². The van der Waals surface area contributed by atoms with Crippen molar-refractivity contribution >= 4 is 23.1 Å². The first-order valence-corrected chi connectivity index (χ1v) is 4.52. The predicted octanol–water partition coefficient (Wildman–Crippen LogP) is 0.855. The van der Waals surface area contributed by atoms with E-state index in [0.29, 0.717) is 0 Å². The van der Waals surface area contributed by atoms with E-state index in [1.165, 1.54) is 0 Å². The summed E-state index contributed by atoms with van der Waals surface area (Å²) in [6, 6.07) is 0. The zero-order valence-corrected chi connectivity index (χ0v) is 5.29. The molecule has 0 unspecified atom stereocenters. The molecule has 0 spiro atoms. The quantitative estimate of drug-likeness (QED) is 0.548. The molecule has 0 fully saturated rings. The maximum Gasteiger partial charge on any atom is 0.230 e. The van der Waals surface area contributed by atoms with Crippen LogP contribution in [0.1, 0.15) is 0 Å². The van der Waals surface area contributed by atoms with Crippen LogP contribution < -0.4 is 0 Å². The van der Waals surface area contributed by atoms with Gasteiger partial charge in [0.05, 0.1) is 14.8 Å². The molecule has 0 rings (SSSR count). The summed E-state index contributed by atoms with van der Waals surface area (Å²) >= 11 is 2.33. The molecule has 0 aliphatic rings. The van der Waals surface area contributed by atoms with Crippen molar-refractivity contribution in [3.05, 3.63) is 12.0 Å². The van der Waals surface area contributed by atoms with Gasteiger partial charge >= 0.3 is 0 Å². The molecule has 0 aromatic carbocycles. The lowest BCUT2D eigenvalue weighted by molar-refractivity contribution is 0.619. The Bertz CT molecular complexity index is 122. The van der Waals surface area contributed by atoms with Crippen LogP contribution in [0.4, 0.5) is 0 Å². The van der Waals surface area contributed by atoms with Gasteiger partial charge in [-0.3, -0.25) is 0 Å². The van der Waals surface area contributed by atoms with E-state index in [4.69, 9.17) is 0 Å². The Hall–Kier alpha value is 0.170. The molecule has 6 heavy (non-hydrogen) atoms. The predicted molar refractivity (Wildman–Crippen MR) is 28.0 cm³/mol. The molecule has 0 amide bonds. The summed E-state index contributed by atoms with van der Waals surface area (Å²) in [7, 11) is -3.09. The molecule has 4 heteroatoms. The van der Waals surface area contributed by atoms with Crippen LogP contribution in [-0.2, 0) is 8.27 Å². The van der Waals surface area contributed by atoms with Gasteiger partial charge in [0.1, 0.15) is 0 Å². The maximum atomic E-state index is 9.80. The third kappa shape index (κ3) is 4.17. The van der Waals surface area contributed by atoms with Crippen LogP contribution >= 0.6 is 14.8 Å². The van der Waals surface area contributed by atoms with Crippen LogP contribution in [0.3, 0.4) is 0 Å². The first-order chi connectivity index (χ1) is 2.56. The average molecular weight is 171 g/mol. The maximum absolute atomic E-state index is 9.80. The van der Waals surface area contributed by atoms with Crippen molar-refractivity contribution in [2.45, 2.75) is 0 Å². The van der Waals surface area contributed by atoms with Gasteiger partial charge in [-0.15, -0.1) is 0 Å². The summed E-state index contributed by atoms with van der Waals surface area (Å²) < 4.78 is 19.6. The zero-order valence-electron chi connectivity index (χ0n) is 2.89. The van der Waals surface area contributed by atoms with Gasteiger partial charge in [0.2, 0.25) is 8.27 Å². The molecule has 0 heterocycles. The Labute approximate surface area is 44.0 Å². The number of hydrogen-bond donors (Lipinski definition) is 0. The van der Waals surface area contributed by atoms with Crippen molar-refractivity contribution in [2.75, 3.05) is 0 Å². The lowest BCUT2D eigenvalue weighted by Crippen LogP contribution is -1.73. The average Bonchev–Trinajstić information content (AvgIpc) is 1.35. The molecular weight excluding hydrogens is 168 g/mol. The molecule has 0 saturated carbocycles. The summed E-state index contributed by atoms with van der Waals surface area (Å²) in [6.45, 7) is 3.00. The van der Waals surface area contributed by atoms with E-state index < -0.39 is 8.27 Å². The minimum Gasteiger partial charge on any atom is -0.213 e. The van der Waals surface area contributed by atoms with E-state index in [9.17, 15) is 8.42 Å². The van der Waals surface area contributed by atoms with Crippen molar-refractivity contribution in [1.29, 1.82) is 0 Å². The Kier molecular flexibility index (Phi) is 1.80. The molecule has 0 atom stereocenters. The second kappa shape index (κ2) is 1.75. The SMILES string of the molecule is C=CS(=O)(=O)Br. The van der Waals surface area contributed by atoms with Gasteiger partial charge in [0.15, 0.2) is 0 Å². The fourth-order valence-electron chi connectivity index (χ4n) is 0. The topological polar surface area (TPSA) is 34.1 Å². The molecule has 36 valence electrons. The van der Waals surface area contributed by atoms with Gasteiger partial charge in [-0.05, 0) is 0 Å². The standard InChI is InChI=1S/C2H3BrO2S/c1-2-6(3,4)5/h2H,1H2. The van der Waals surface area contributed by atoms with Gasteiger partial charge in [0.25, 0.3) is 0 Å². The van der Waals surface area contributed by atoms with Crippen LogP contribution in [0.15, 0.2) is 12.0 Å². The number of halogens is 1. The molecule has 2 nitrogen and oxygen atoms in total. The third-order valence-electron chi connectivity index (χ3n) is 0.199. The van der Waals surface area contributed by atoms with Crippen molar-refractivity contribution in [1.82, 2.24) is 0 Å². The van der Waals surface area contributed by atoms with Crippen LogP contribution in [0.2, 0.25) is 0 Å². The normalized spacial score (nSPS) is 10.8. The highest BCUT2D eigenvalue weighted by molar-refractivity contribution is 9.48. The van der Waals surface area contributed by atoms with E-state index in [0.717, 1.165) is 5.41 Å². The van der Waals surface area contributed by atoms with E-state index in [1.807, 2.05) is 0 Å². The van der Waals surface area contributed by atoms with Gasteiger partial charge in [0, 0.05) is 5.41 Å². The van der Waals surface area contributed by atoms with Crippen LogP contribution in [0.5, 0.6) is 0 Å². The van der Waals surface area contributed by atoms with Crippen molar-refractivity contribution < 1.29 is 8.42 Å². The molecule has 0 radical (unpaired) electrons.